The SMILES string of the molecule is NCCNC(=O)C1CCCN(C(=O)c2csc(Cc3ccccc3)n2)C1. The highest BCUT2D eigenvalue weighted by molar-refractivity contribution is 7.09. The molecule has 2 heterocycles. The summed E-state index contributed by atoms with van der Waals surface area (Å²) in [6.07, 6.45) is 2.35. The van der Waals surface area contributed by atoms with Gasteiger partial charge in [-0.2, -0.15) is 0 Å². The molecule has 138 valence electrons. The second-order valence-corrected chi connectivity index (χ2v) is 7.40. The zero-order valence-electron chi connectivity index (χ0n) is 14.7. The van der Waals surface area contributed by atoms with Crippen LogP contribution < -0.4 is 11.1 Å². The van der Waals surface area contributed by atoms with Crippen LogP contribution in [-0.2, 0) is 11.2 Å². The highest BCUT2D eigenvalue weighted by atomic mass is 32.1. The Balaban J connectivity index is 1.61. The number of likely N-dealkylation sites (tertiary alicyclic amines) is 1. The third kappa shape index (κ3) is 4.68. The Morgan fingerprint density at radius 3 is 2.88 bits per heavy atom. The van der Waals surface area contributed by atoms with Gasteiger partial charge in [0.05, 0.1) is 10.9 Å². The van der Waals surface area contributed by atoms with Crippen LogP contribution in [0.15, 0.2) is 35.7 Å². The molecule has 6 nitrogen and oxygen atoms in total. The average molecular weight is 372 g/mol. The van der Waals surface area contributed by atoms with E-state index in [2.05, 4.69) is 22.4 Å². The molecule has 1 aliphatic heterocycles. The number of carbonyl (C=O) groups excluding carboxylic acids is 2. The molecule has 1 unspecified atom stereocenters. The molecule has 0 aliphatic carbocycles. The Hall–Kier alpha value is -2.25. The average Bonchev–Trinajstić information content (AvgIpc) is 3.14. The molecular weight excluding hydrogens is 348 g/mol. The smallest absolute Gasteiger partial charge is 0.273 e. The molecule has 0 spiro atoms. The lowest BCUT2D eigenvalue weighted by Gasteiger charge is -2.31. The summed E-state index contributed by atoms with van der Waals surface area (Å²) in [5.41, 5.74) is 7.08. The molecule has 0 bridgehead atoms. The second-order valence-electron chi connectivity index (χ2n) is 6.46. The van der Waals surface area contributed by atoms with E-state index in [0.29, 0.717) is 31.9 Å². The standard InChI is InChI=1S/C19H24N4O2S/c20-8-9-21-18(24)15-7-4-10-23(12-15)19(25)16-13-26-17(22-16)11-14-5-2-1-3-6-14/h1-3,5-6,13,15H,4,7-12,20H2,(H,21,24). The summed E-state index contributed by atoms with van der Waals surface area (Å²) in [5.74, 6) is -0.269. The Morgan fingerprint density at radius 1 is 1.31 bits per heavy atom. The molecule has 1 fully saturated rings. The van der Waals surface area contributed by atoms with Crippen molar-refractivity contribution in [3.05, 3.63) is 52.0 Å². The van der Waals surface area contributed by atoms with Crippen molar-refractivity contribution < 1.29 is 9.59 Å². The van der Waals surface area contributed by atoms with Crippen LogP contribution in [0.1, 0.15) is 33.9 Å². The van der Waals surface area contributed by atoms with E-state index >= 15 is 0 Å². The van der Waals surface area contributed by atoms with Crippen LogP contribution >= 0.6 is 11.3 Å². The quantitative estimate of drug-likeness (QED) is 0.807. The number of carbonyl (C=O) groups is 2. The Kier molecular flexibility index (Phi) is 6.35. The monoisotopic (exact) mass is 372 g/mol. The number of rotatable bonds is 6. The molecule has 1 atom stereocenters. The molecular formula is C19H24N4O2S. The number of hydrogen-bond donors (Lipinski definition) is 2. The molecule has 3 N–H and O–H groups in total. The molecule has 1 saturated heterocycles. The predicted octanol–water partition coefficient (Wildman–Crippen LogP) is 1.66. The van der Waals surface area contributed by atoms with E-state index in [9.17, 15) is 9.59 Å². The van der Waals surface area contributed by atoms with Gasteiger partial charge in [-0.25, -0.2) is 4.98 Å². The van der Waals surface area contributed by atoms with E-state index in [1.165, 1.54) is 16.9 Å². The van der Waals surface area contributed by atoms with Gasteiger partial charge in [-0.15, -0.1) is 11.3 Å². The van der Waals surface area contributed by atoms with Crippen LogP contribution in [0.3, 0.4) is 0 Å². The van der Waals surface area contributed by atoms with Crippen LogP contribution in [0.2, 0.25) is 0 Å². The zero-order chi connectivity index (χ0) is 18.4. The van der Waals surface area contributed by atoms with E-state index in [4.69, 9.17) is 5.73 Å². The van der Waals surface area contributed by atoms with Gasteiger partial charge >= 0.3 is 0 Å². The number of piperidine rings is 1. The van der Waals surface area contributed by atoms with Crippen molar-refractivity contribution in [3.63, 3.8) is 0 Å². The van der Waals surface area contributed by atoms with Crippen molar-refractivity contribution in [1.29, 1.82) is 0 Å². The summed E-state index contributed by atoms with van der Waals surface area (Å²) in [6.45, 7) is 2.01. The lowest BCUT2D eigenvalue weighted by atomic mass is 9.97. The summed E-state index contributed by atoms with van der Waals surface area (Å²) in [6, 6.07) is 10.1. The summed E-state index contributed by atoms with van der Waals surface area (Å²) >= 11 is 1.50. The summed E-state index contributed by atoms with van der Waals surface area (Å²) in [7, 11) is 0. The number of nitrogens with one attached hydrogen (secondary N) is 1. The van der Waals surface area contributed by atoms with E-state index in [0.717, 1.165) is 24.3 Å². The molecule has 0 saturated carbocycles. The van der Waals surface area contributed by atoms with Crippen LogP contribution in [0.5, 0.6) is 0 Å². The maximum absolute atomic E-state index is 12.8. The Bertz CT molecular complexity index is 747. The van der Waals surface area contributed by atoms with Gasteiger partial charge in [0, 0.05) is 38.0 Å². The number of amides is 2. The molecule has 3 rings (SSSR count). The maximum atomic E-state index is 12.8. The lowest BCUT2D eigenvalue weighted by molar-refractivity contribution is -0.126. The zero-order valence-corrected chi connectivity index (χ0v) is 15.5. The largest absolute Gasteiger partial charge is 0.355 e. The fourth-order valence-corrected chi connectivity index (χ4v) is 3.94. The third-order valence-corrected chi connectivity index (χ3v) is 5.34. The first-order valence-corrected chi connectivity index (χ1v) is 9.80. The highest BCUT2D eigenvalue weighted by Gasteiger charge is 2.29. The maximum Gasteiger partial charge on any atom is 0.273 e. The molecule has 26 heavy (non-hydrogen) atoms. The first kappa shape index (κ1) is 18.5. The van der Waals surface area contributed by atoms with E-state index < -0.39 is 0 Å². The molecule has 7 heteroatoms. The molecule has 1 aliphatic rings. The minimum Gasteiger partial charge on any atom is -0.355 e. The van der Waals surface area contributed by atoms with Crippen LogP contribution in [-0.4, -0.2) is 47.9 Å². The van der Waals surface area contributed by atoms with E-state index in [1.54, 1.807) is 4.90 Å². The van der Waals surface area contributed by atoms with Crippen molar-refractivity contribution in [3.8, 4) is 0 Å². The van der Waals surface area contributed by atoms with Gasteiger partial charge < -0.3 is 16.0 Å². The van der Waals surface area contributed by atoms with Gasteiger partial charge in [-0.1, -0.05) is 30.3 Å². The Labute approximate surface area is 157 Å². The van der Waals surface area contributed by atoms with Crippen molar-refractivity contribution in [2.75, 3.05) is 26.2 Å². The lowest BCUT2D eigenvalue weighted by Crippen LogP contribution is -2.46. The summed E-state index contributed by atoms with van der Waals surface area (Å²) < 4.78 is 0. The first-order chi connectivity index (χ1) is 12.7. The van der Waals surface area contributed by atoms with Crippen LogP contribution in [0.4, 0.5) is 0 Å². The number of aromatic nitrogens is 1. The number of thiazole rings is 1. The summed E-state index contributed by atoms with van der Waals surface area (Å²) in [5, 5.41) is 5.56. The van der Waals surface area contributed by atoms with Crippen molar-refractivity contribution >= 4 is 23.2 Å². The number of nitrogens with zero attached hydrogens (tertiary/aromatic N) is 2. The minimum atomic E-state index is -0.165. The summed E-state index contributed by atoms with van der Waals surface area (Å²) in [4.78, 5) is 31.2. The fourth-order valence-electron chi connectivity index (χ4n) is 3.14. The van der Waals surface area contributed by atoms with Crippen molar-refractivity contribution in [2.45, 2.75) is 19.3 Å². The van der Waals surface area contributed by atoms with Crippen molar-refractivity contribution in [1.82, 2.24) is 15.2 Å². The van der Waals surface area contributed by atoms with Crippen LogP contribution in [0, 0.1) is 5.92 Å². The third-order valence-electron chi connectivity index (χ3n) is 4.49. The number of nitrogens with two attached hydrogens (primary N) is 1. The number of benzene rings is 1. The predicted molar refractivity (Wildman–Crippen MR) is 102 cm³/mol. The van der Waals surface area contributed by atoms with Crippen LogP contribution in [0.25, 0.3) is 0 Å². The Morgan fingerprint density at radius 2 is 2.12 bits per heavy atom. The number of hydrogen-bond acceptors (Lipinski definition) is 5. The second kappa shape index (κ2) is 8.91. The normalized spacial score (nSPS) is 17.1. The van der Waals surface area contributed by atoms with Gasteiger partial charge in [0.25, 0.3) is 5.91 Å². The van der Waals surface area contributed by atoms with Crippen molar-refractivity contribution in [2.24, 2.45) is 11.7 Å². The fraction of sp³-hybridized carbons (Fsp3) is 0.421. The topological polar surface area (TPSA) is 88.3 Å². The molecule has 1 aromatic carbocycles. The van der Waals surface area contributed by atoms with Gasteiger partial charge in [0.1, 0.15) is 5.69 Å². The molecule has 2 aromatic rings. The molecule has 2 amide bonds. The van der Waals surface area contributed by atoms with E-state index in [-0.39, 0.29) is 17.7 Å². The minimum absolute atomic E-state index is 0.0176. The molecule has 0 radical (unpaired) electrons. The first-order valence-electron chi connectivity index (χ1n) is 8.92. The van der Waals surface area contributed by atoms with E-state index in [1.807, 2.05) is 23.6 Å². The van der Waals surface area contributed by atoms with Gasteiger partial charge in [0.2, 0.25) is 5.91 Å². The molecule has 1 aromatic heterocycles. The highest BCUT2D eigenvalue weighted by Crippen LogP contribution is 2.21. The van der Waals surface area contributed by atoms with Gasteiger partial charge in [-0.3, -0.25) is 9.59 Å². The van der Waals surface area contributed by atoms with Gasteiger partial charge in [0.15, 0.2) is 0 Å². The van der Waals surface area contributed by atoms with Gasteiger partial charge in [-0.05, 0) is 18.4 Å².